The normalized spacial score (nSPS) is 23.0. The maximum atomic E-state index is 12.7. The predicted octanol–water partition coefficient (Wildman–Crippen LogP) is 4.53. The molecule has 0 spiro atoms. The van der Waals surface area contributed by atoms with Gasteiger partial charge < -0.3 is 10.1 Å². The molecule has 0 radical (unpaired) electrons. The van der Waals surface area contributed by atoms with E-state index in [0.717, 1.165) is 31.7 Å². The van der Waals surface area contributed by atoms with Gasteiger partial charge in [0.25, 0.3) is 0 Å². The number of nitrogens with one attached hydrogen (secondary N) is 1. The second-order valence-corrected chi connectivity index (χ2v) is 6.25. The van der Waals surface area contributed by atoms with E-state index in [9.17, 15) is 13.2 Å². The van der Waals surface area contributed by atoms with Crippen molar-refractivity contribution in [3.8, 4) is 0 Å². The molecule has 2 nitrogen and oxygen atoms in total. The Bertz CT molecular complexity index is 473. The molecule has 0 heterocycles. The maximum absolute atomic E-state index is 12.7. The molecule has 2 rings (SSSR count). The number of alkyl halides is 3. The van der Waals surface area contributed by atoms with Gasteiger partial charge in [0, 0.05) is 12.6 Å². The highest BCUT2D eigenvalue weighted by Gasteiger charge is 2.30. The highest BCUT2D eigenvalue weighted by atomic mass is 19.4. The number of halogens is 3. The summed E-state index contributed by atoms with van der Waals surface area (Å²) in [5, 5.41) is 3.37. The fourth-order valence-electron chi connectivity index (χ4n) is 2.96. The van der Waals surface area contributed by atoms with Crippen molar-refractivity contribution in [3.63, 3.8) is 0 Å². The molecule has 2 unspecified atom stereocenters. The van der Waals surface area contributed by atoms with Crippen molar-refractivity contribution in [1.29, 1.82) is 0 Å². The SMILES string of the molecule is CC(C)OC1CCCC(NCc2cccc(C(F)(F)F)c2)C1. The Balaban J connectivity index is 1.87. The molecule has 5 heteroatoms. The summed E-state index contributed by atoms with van der Waals surface area (Å²) >= 11 is 0. The van der Waals surface area contributed by atoms with Gasteiger partial charge in [-0.1, -0.05) is 18.2 Å². The minimum Gasteiger partial charge on any atom is -0.376 e. The van der Waals surface area contributed by atoms with Crippen LogP contribution in [0.25, 0.3) is 0 Å². The molecule has 0 amide bonds. The third-order valence-corrected chi connectivity index (χ3v) is 3.94. The van der Waals surface area contributed by atoms with Gasteiger partial charge in [0.2, 0.25) is 0 Å². The summed E-state index contributed by atoms with van der Waals surface area (Å²) in [7, 11) is 0. The highest BCUT2D eigenvalue weighted by Crippen LogP contribution is 2.29. The van der Waals surface area contributed by atoms with E-state index in [1.807, 2.05) is 13.8 Å². The van der Waals surface area contributed by atoms with Crippen LogP contribution in [0, 0.1) is 0 Å². The molecule has 1 aliphatic carbocycles. The number of hydrogen-bond acceptors (Lipinski definition) is 2. The summed E-state index contributed by atoms with van der Waals surface area (Å²) in [6.45, 7) is 4.52. The van der Waals surface area contributed by atoms with Crippen LogP contribution in [0.1, 0.15) is 50.7 Å². The molecule has 2 atom stereocenters. The Morgan fingerprint density at radius 1 is 1.27 bits per heavy atom. The van der Waals surface area contributed by atoms with E-state index >= 15 is 0 Å². The average Bonchev–Trinajstić information content (AvgIpc) is 2.44. The first-order valence-corrected chi connectivity index (χ1v) is 7.89. The van der Waals surface area contributed by atoms with Crippen molar-refractivity contribution in [2.75, 3.05) is 0 Å². The number of ether oxygens (including phenoxy) is 1. The zero-order valence-electron chi connectivity index (χ0n) is 13.1. The molecule has 1 N–H and O–H groups in total. The van der Waals surface area contributed by atoms with Crippen LogP contribution in [0.15, 0.2) is 24.3 Å². The summed E-state index contributed by atoms with van der Waals surface area (Å²) in [6, 6.07) is 5.83. The van der Waals surface area contributed by atoms with Crippen molar-refractivity contribution in [2.24, 2.45) is 0 Å². The summed E-state index contributed by atoms with van der Waals surface area (Å²) in [6.07, 6.45) is 0.336. The molecule has 1 fully saturated rings. The lowest BCUT2D eigenvalue weighted by atomic mass is 9.92. The van der Waals surface area contributed by atoms with Crippen LogP contribution < -0.4 is 5.32 Å². The largest absolute Gasteiger partial charge is 0.416 e. The van der Waals surface area contributed by atoms with Gasteiger partial charge in [-0.25, -0.2) is 0 Å². The molecular formula is C17H24F3NO. The van der Waals surface area contributed by atoms with E-state index in [1.165, 1.54) is 12.1 Å². The van der Waals surface area contributed by atoms with Gasteiger partial charge in [0.05, 0.1) is 17.8 Å². The fourth-order valence-corrected chi connectivity index (χ4v) is 2.96. The number of rotatable bonds is 5. The summed E-state index contributed by atoms with van der Waals surface area (Å²) in [5.41, 5.74) is 0.0817. The standard InChI is InChI=1S/C17H24F3NO/c1-12(2)22-16-8-4-7-15(10-16)21-11-13-5-3-6-14(9-13)17(18,19)20/h3,5-6,9,12,15-16,21H,4,7-8,10-11H2,1-2H3. The molecule has 1 aromatic carbocycles. The molecular weight excluding hydrogens is 291 g/mol. The molecule has 0 bridgehead atoms. The Morgan fingerprint density at radius 2 is 2.05 bits per heavy atom. The minimum atomic E-state index is -4.28. The van der Waals surface area contributed by atoms with Crippen LogP contribution in [-0.4, -0.2) is 18.2 Å². The first-order valence-electron chi connectivity index (χ1n) is 7.89. The highest BCUT2D eigenvalue weighted by molar-refractivity contribution is 5.25. The quantitative estimate of drug-likeness (QED) is 0.862. The Labute approximate surface area is 130 Å². The average molecular weight is 315 g/mol. The molecule has 0 aromatic heterocycles. The third-order valence-electron chi connectivity index (χ3n) is 3.94. The van der Waals surface area contributed by atoms with Crippen molar-refractivity contribution in [2.45, 2.75) is 70.5 Å². The number of benzene rings is 1. The van der Waals surface area contributed by atoms with Gasteiger partial charge in [-0.15, -0.1) is 0 Å². The molecule has 124 valence electrons. The zero-order chi connectivity index (χ0) is 16.2. The van der Waals surface area contributed by atoms with Crippen molar-refractivity contribution >= 4 is 0 Å². The number of hydrogen-bond donors (Lipinski definition) is 1. The third kappa shape index (κ3) is 5.29. The monoisotopic (exact) mass is 315 g/mol. The van der Waals surface area contributed by atoms with E-state index in [-0.39, 0.29) is 12.2 Å². The van der Waals surface area contributed by atoms with Gasteiger partial charge in [0.15, 0.2) is 0 Å². The van der Waals surface area contributed by atoms with Crippen molar-refractivity contribution < 1.29 is 17.9 Å². The summed E-state index contributed by atoms with van der Waals surface area (Å²) in [5.74, 6) is 0. The second-order valence-electron chi connectivity index (χ2n) is 6.25. The Morgan fingerprint density at radius 3 is 2.73 bits per heavy atom. The van der Waals surface area contributed by atoms with Crippen LogP contribution in [0.4, 0.5) is 13.2 Å². The molecule has 22 heavy (non-hydrogen) atoms. The second kappa shape index (κ2) is 7.47. The topological polar surface area (TPSA) is 21.3 Å². The van der Waals surface area contributed by atoms with E-state index in [0.29, 0.717) is 18.2 Å². The van der Waals surface area contributed by atoms with Gasteiger partial charge in [-0.3, -0.25) is 0 Å². The van der Waals surface area contributed by atoms with Gasteiger partial charge in [-0.2, -0.15) is 13.2 Å². The van der Waals surface area contributed by atoms with Gasteiger partial charge in [0.1, 0.15) is 0 Å². The Hall–Kier alpha value is -1.07. The lowest BCUT2D eigenvalue weighted by Crippen LogP contribution is -2.37. The van der Waals surface area contributed by atoms with Crippen molar-refractivity contribution in [1.82, 2.24) is 5.32 Å². The summed E-state index contributed by atoms with van der Waals surface area (Å²) in [4.78, 5) is 0. The van der Waals surface area contributed by atoms with Crippen molar-refractivity contribution in [3.05, 3.63) is 35.4 Å². The minimum absolute atomic E-state index is 0.215. The zero-order valence-corrected chi connectivity index (χ0v) is 13.1. The lowest BCUT2D eigenvalue weighted by molar-refractivity contribution is -0.137. The molecule has 1 aliphatic rings. The first-order chi connectivity index (χ1) is 10.3. The van der Waals surface area contributed by atoms with E-state index < -0.39 is 11.7 Å². The molecule has 0 saturated heterocycles. The smallest absolute Gasteiger partial charge is 0.376 e. The van der Waals surface area contributed by atoms with Crippen LogP contribution >= 0.6 is 0 Å². The van der Waals surface area contributed by atoms with Gasteiger partial charge in [-0.05, 0) is 51.2 Å². The fraction of sp³-hybridized carbons (Fsp3) is 0.647. The van der Waals surface area contributed by atoms with Crippen LogP contribution in [0.5, 0.6) is 0 Å². The van der Waals surface area contributed by atoms with Crippen LogP contribution in [-0.2, 0) is 17.5 Å². The van der Waals surface area contributed by atoms with E-state index in [4.69, 9.17) is 4.74 Å². The van der Waals surface area contributed by atoms with Gasteiger partial charge >= 0.3 is 6.18 Å². The Kier molecular flexibility index (Phi) is 5.87. The summed E-state index contributed by atoms with van der Waals surface area (Å²) < 4.78 is 43.9. The molecule has 0 aliphatic heterocycles. The van der Waals surface area contributed by atoms with Crippen LogP contribution in [0.2, 0.25) is 0 Å². The van der Waals surface area contributed by atoms with E-state index in [2.05, 4.69) is 5.32 Å². The van der Waals surface area contributed by atoms with E-state index in [1.54, 1.807) is 6.07 Å². The predicted molar refractivity (Wildman–Crippen MR) is 80.5 cm³/mol. The maximum Gasteiger partial charge on any atom is 0.416 e. The van der Waals surface area contributed by atoms with Crippen LogP contribution in [0.3, 0.4) is 0 Å². The molecule has 1 aromatic rings. The lowest BCUT2D eigenvalue weighted by Gasteiger charge is -2.31. The molecule has 1 saturated carbocycles. The first kappa shape index (κ1) is 17.3.